The molecule has 90 valence electrons. The number of ether oxygens (including phenoxy) is 1. The number of rotatable bonds is 4. The Morgan fingerprint density at radius 3 is 3.00 bits per heavy atom. The van der Waals surface area contributed by atoms with E-state index < -0.39 is 6.10 Å². The Balaban J connectivity index is 2.23. The first kappa shape index (κ1) is 12.0. The summed E-state index contributed by atoms with van der Waals surface area (Å²) in [6.45, 7) is 0. The summed E-state index contributed by atoms with van der Waals surface area (Å²) in [5.74, 6) is 1.34. The zero-order valence-electron chi connectivity index (χ0n) is 9.35. The van der Waals surface area contributed by atoms with E-state index in [0.717, 1.165) is 5.82 Å². The molecule has 0 aliphatic heterocycles. The highest BCUT2D eigenvalue weighted by atomic mass is 35.5. The van der Waals surface area contributed by atoms with Crippen LogP contribution in [0.1, 0.15) is 17.5 Å². The summed E-state index contributed by atoms with van der Waals surface area (Å²) in [4.78, 5) is 7.02. The molecule has 0 aliphatic carbocycles. The van der Waals surface area contributed by atoms with E-state index in [1.807, 2.05) is 0 Å². The van der Waals surface area contributed by atoms with Gasteiger partial charge in [-0.2, -0.15) is 0 Å². The first-order valence-electron chi connectivity index (χ1n) is 5.20. The Bertz CT molecular complexity index is 485. The molecule has 17 heavy (non-hydrogen) atoms. The van der Waals surface area contributed by atoms with Gasteiger partial charge in [-0.3, -0.25) is 0 Å². The Morgan fingerprint density at radius 2 is 2.35 bits per heavy atom. The van der Waals surface area contributed by atoms with Crippen LogP contribution in [-0.4, -0.2) is 22.2 Å². The van der Waals surface area contributed by atoms with E-state index in [2.05, 4.69) is 9.97 Å². The molecule has 0 saturated heterocycles. The molecule has 5 heteroatoms. The van der Waals surface area contributed by atoms with Crippen LogP contribution in [0.25, 0.3) is 0 Å². The summed E-state index contributed by atoms with van der Waals surface area (Å²) in [6, 6.07) is 5.17. The number of aromatic nitrogens is 2. The fraction of sp³-hybridized carbons (Fsp3) is 0.250. The smallest absolute Gasteiger partial charge is 0.124 e. The van der Waals surface area contributed by atoms with Gasteiger partial charge in [-0.1, -0.05) is 11.6 Å². The minimum absolute atomic E-state index is 0.393. The molecular weight excluding hydrogens is 240 g/mol. The lowest BCUT2D eigenvalue weighted by atomic mass is 10.1. The first-order valence-corrected chi connectivity index (χ1v) is 5.58. The molecule has 0 spiro atoms. The zero-order valence-corrected chi connectivity index (χ0v) is 10.1. The summed E-state index contributed by atoms with van der Waals surface area (Å²) in [6.07, 6.45) is 3.06. The molecule has 0 fully saturated rings. The molecule has 2 rings (SSSR count). The van der Waals surface area contributed by atoms with E-state index >= 15 is 0 Å². The summed E-state index contributed by atoms with van der Waals surface area (Å²) in [5.41, 5.74) is 0.663. The molecule has 4 nitrogen and oxygen atoms in total. The van der Waals surface area contributed by atoms with Crippen molar-refractivity contribution >= 4 is 11.6 Å². The number of methoxy groups -OCH3 is 1. The van der Waals surface area contributed by atoms with Gasteiger partial charge in [-0.25, -0.2) is 4.98 Å². The Morgan fingerprint density at radius 1 is 1.53 bits per heavy atom. The maximum absolute atomic E-state index is 10.1. The average Bonchev–Trinajstić information content (AvgIpc) is 2.81. The van der Waals surface area contributed by atoms with Gasteiger partial charge in [0.2, 0.25) is 0 Å². The maximum Gasteiger partial charge on any atom is 0.124 e. The maximum atomic E-state index is 10.1. The summed E-state index contributed by atoms with van der Waals surface area (Å²) >= 11 is 5.91. The van der Waals surface area contributed by atoms with Gasteiger partial charge in [0.15, 0.2) is 0 Å². The van der Waals surface area contributed by atoms with E-state index in [1.165, 1.54) is 0 Å². The van der Waals surface area contributed by atoms with Crippen LogP contribution < -0.4 is 4.74 Å². The van der Waals surface area contributed by atoms with Gasteiger partial charge < -0.3 is 14.8 Å². The number of hydrogen-bond acceptors (Lipinski definition) is 3. The lowest BCUT2D eigenvalue weighted by Crippen LogP contribution is -2.05. The van der Waals surface area contributed by atoms with Crippen LogP contribution in [-0.2, 0) is 6.42 Å². The molecule has 1 unspecified atom stereocenters. The van der Waals surface area contributed by atoms with Crippen LogP contribution in [0.4, 0.5) is 0 Å². The normalized spacial score (nSPS) is 12.4. The third-order valence-electron chi connectivity index (χ3n) is 2.49. The molecule has 2 N–H and O–H groups in total. The van der Waals surface area contributed by atoms with Gasteiger partial charge in [0.05, 0.1) is 13.2 Å². The molecule has 1 atom stereocenters. The van der Waals surface area contributed by atoms with Crippen LogP contribution in [0.3, 0.4) is 0 Å². The van der Waals surface area contributed by atoms with E-state index in [1.54, 1.807) is 37.7 Å². The van der Waals surface area contributed by atoms with E-state index in [4.69, 9.17) is 16.3 Å². The second-order valence-electron chi connectivity index (χ2n) is 3.64. The Labute approximate surface area is 104 Å². The monoisotopic (exact) mass is 252 g/mol. The molecule has 2 aromatic rings. The minimum atomic E-state index is -0.699. The molecule has 0 bridgehead atoms. The number of hydrogen-bond donors (Lipinski definition) is 2. The van der Waals surface area contributed by atoms with E-state index in [0.29, 0.717) is 22.8 Å². The molecule has 1 heterocycles. The van der Waals surface area contributed by atoms with Crippen molar-refractivity contribution in [3.63, 3.8) is 0 Å². The van der Waals surface area contributed by atoms with Crippen molar-refractivity contribution in [1.29, 1.82) is 0 Å². The van der Waals surface area contributed by atoms with Gasteiger partial charge in [-0.05, 0) is 18.2 Å². The quantitative estimate of drug-likeness (QED) is 0.878. The number of imidazole rings is 1. The van der Waals surface area contributed by atoms with Gasteiger partial charge in [0, 0.05) is 29.4 Å². The van der Waals surface area contributed by atoms with Gasteiger partial charge in [0.1, 0.15) is 11.6 Å². The van der Waals surface area contributed by atoms with Crippen LogP contribution in [0, 0.1) is 0 Å². The van der Waals surface area contributed by atoms with Gasteiger partial charge >= 0.3 is 0 Å². The fourth-order valence-electron chi connectivity index (χ4n) is 1.67. The second kappa shape index (κ2) is 5.21. The molecular formula is C12H13ClN2O2. The van der Waals surface area contributed by atoms with E-state index in [-0.39, 0.29) is 0 Å². The minimum Gasteiger partial charge on any atom is -0.496 e. The lowest BCUT2D eigenvalue weighted by molar-refractivity contribution is 0.172. The Hall–Kier alpha value is -1.52. The molecule has 1 aromatic carbocycles. The number of nitrogens with zero attached hydrogens (tertiary/aromatic N) is 1. The summed E-state index contributed by atoms with van der Waals surface area (Å²) in [5, 5.41) is 10.7. The summed E-state index contributed by atoms with van der Waals surface area (Å²) < 4.78 is 5.19. The van der Waals surface area contributed by atoms with Crippen LogP contribution in [0.2, 0.25) is 5.02 Å². The zero-order chi connectivity index (χ0) is 12.3. The SMILES string of the molecule is COc1ccc(Cl)cc1C(O)Cc1ncc[nH]1. The van der Waals surface area contributed by atoms with Crippen LogP contribution >= 0.6 is 11.6 Å². The van der Waals surface area contributed by atoms with Gasteiger partial charge in [-0.15, -0.1) is 0 Å². The number of aliphatic hydroxyl groups excluding tert-OH is 1. The topological polar surface area (TPSA) is 58.1 Å². The number of H-pyrrole nitrogens is 1. The predicted octanol–water partition coefficient (Wildman–Crippen LogP) is 2.35. The largest absolute Gasteiger partial charge is 0.496 e. The second-order valence-corrected chi connectivity index (χ2v) is 4.08. The number of aliphatic hydroxyl groups is 1. The van der Waals surface area contributed by atoms with Crippen molar-refractivity contribution in [3.05, 3.63) is 47.0 Å². The number of nitrogens with one attached hydrogen (secondary N) is 1. The summed E-state index contributed by atoms with van der Waals surface area (Å²) in [7, 11) is 1.56. The van der Waals surface area contributed by atoms with Crippen molar-refractivity contribution < 1.29 is 9.84 Å². The molecule has 0 amide bonds. The van der Waals surface area contributed by atoms with E-state index in [9.17, 15) is 5.11 Å². The molecule has 1 aromatic heterocycles. The molecule has 0 aliphatic rings. The number of benzene rings is 1. The first-order chi connectivity index (χ1) is 8.20. The van der Waals surface area contributed by atoms with Crippen LogP contribution in [0.5, 0.6) is 5.75 Å². The van der Waals surface area contributed by atoms with Crippen molar-refractivity contribution in [1.82, 2.24) is 9.97 Å². The molecule has 0 radical (unpaired) electrons. The third-order valence-corrected chi connectivity index (χ3v) is 2.73. The van der Waals surface area contributed by atoms with Crippen molar-refractivity contribution in [2.24, 2.45) is 0 Å². The van der Waals surface area contributed by atoms with Gasteiger partial charge in [0.25, 0.3) is 0 Å². The van der Waals surface area contributed by atoms with Crippen molar-refractivity contribution in [2.75, 3.05) is 7.11 Å². The predicted molar refractivity (Wildman–Crippen MR) is 65.3 cm³/mol. The van der Waals surface area contributed by atoms with Crippen LogP contribution in [0.15, 0.2) is 30.6 Å². The Kier molecular flexibility index (Phi) is 3.66. The lowest BCUT2D eigenvalue weighted by Gasteiger charge is -2.14. The molecule has 0 saturated carbocycles. The number of aromatic amines is 1. The average molecular weight is 253 g/mol. The van der Waals surface area contributed by atoms with Crippen molar-refractivity contribution in [2.45, 2.75) is 12.5 Å². The fourth-order valence-corrected chi connectivity index (χ4v) is 1.85. The van der Waals surface area contributed by atoms with Crippen molar-refractivity contribution in [3.8, 4) is 5.75 Å². The number of halogens is 1. The highest BCUT2D eigenvalue weighted by molar-refractivity contribution is 6.30. The third kappa shape index (κ3) is 2.78. The standard InChI is InChI=1S/C12H13ClN2O2/c1-17-11-3-2-8(13)6-9(11)10(16)7-12-14-4-5-15-12/h2-6,10,16H,7H2,1H3,(H,14,15). The highest BCUT2D eigenvalue weighted by Gasteiger charge is 2.15. The highest BCUT2D eigenvalue weighted by Crippen LogP contribution is 2.29.